The normalized spacial score (nSPS) is 14.5. The Labute approximate surface area is 135 Å². The predicted molar refractivity (Wildman–Crippen MR) is 84.9 cm³/mol. The number of aromatic amines is 1. The number of ether oxygens (including phenoxy) is 1. The van der Waals surface area contributed by atoms with Gasteiger partial charge in [-0.05, 0) is 25.8 Å². The first-order chi connectivity index (χ1) is 11.1. The molecule has 118 valence electrons. The van der Waals surface area contributed by atoms with Gasteiger partial charge in [0.2, 0.25) is 5.43 Å². The van der Waals surface area contributed by atoms with Crippen LogP contribution in [0.3, 0.4) is 0 Å². The molecule has 1 fully saturated rings. The van der Waals surface area contributed by atoms with Crippen molar-refractivity contribution in [3.8, 4) is 0 Å². The van der Waals surface area contributed by atoms with Gasteiger partial charge in [-0.25, -0.2) is 4.79 Å². The van der Waals surface area contributed by atoms with Gasteiger partial charge in [0.15, 0.2) is 0 Å². The Morgan fingerprint density at radius 2 is 2.17 bits per heavy atom. The Bertz CT molecular complexity index is 1000. The van der Waals surface area contributed by atoms with Crippen molar-refractivity contribution in [2.75, 3.05) is 6.61 Å². The molecule has 0 saturated heterocycles. The molecule has 0 bridgehead atoms. The first-order valence-electron chi connectivity index (χ1n) is 7.36. The van der Waals surface area contributed by atoms with E-state index in [1.165, 1.54) is 0 Å². The summed E-state index contributed by atoms with van der Waals surface area (Å²) in [5, 5.41) is 11.3. The number of carbonyl (C=O) groups excluding carboxylic acids is 1. The summed E-state index contributed by atoms with van der Waals surface area (Å²) in [6.07, 6.45) is 3.56. The van der Waals surface area contributed by atoms with Crippen molar-refractivity contribution in [1.29, 1.82) is 0 Å². The number of aromatic nitrogens is 4. The summed E-state index contributed by atoms with van der Waals surface area (Å²) >= 11 is 6.25. The highest BCUT2D eigenvalue weighted by Crippen LogP contribution is 2.38. The smallest absolute Gasteiger partial charge is 0.343 e. The van der Waals surface area contributed by atoms with E-state index in [0.29, 0.717) is 27.0 Å². The molecule has 8 heteroatoms. The maximum Gasteiger partial charge on any atom is 0.343 e. The molecule has 1 aliphatic rings. The van der Waals surface area contributed by atoms with Crippen molar-refractivity contribution in [2.45, 2.75) is 25.8 Å². The average molecular weight is 333 g/mol. The zero-order valence-corrected chi connectivity index (χ0v) is 13.1. The van der Waals surface area contributed by atoms with E-state index in [-0.39, 0.29) is 18.2 Å². The summed E-state index contributed by atoms with van der Waals surface area (Å²) in [6.45, 7) is 1.91. The molecule has 0 amide bonds. The Hall–Kier alpha value is -2.41. The third-order valence-electron chi connectivity index (χ3n) is 3.98. The van der Waals surface area contributed by atoms with Gasteiger partial charge in [0.05, 0.1) is 22.5 Å². The topological polar surface area (TPSA) is 89.9 Å². The summed E-state index contributed by atoms with van der Waals surface area (Å²) in [4.78, 5) is 25.0. The monoisotopic (exact) mass is 332 g/mol. The SMILES string of the molecule is CCOC(=O)c1cn(C2CC2)c2cc(Cl)c3n[nH]nc3c2c1=O. The van der Waals surface area contributed by atoms with Crippen LogP contribution in [0, 0.1) is 0 Å². The number of carbonyl (C=O) groups is 1. The number of nitrogens with zero attached hydrogens (tertiary/aromatic N) is 3. The molecule has 2 heterocycles. The Balaban J connectivity index is 2.14. The van der Waals surface area contributed by atoms with E-state index in [1.807, 2.05) is 4.57 Å². The molecule has 1 aliphatic carbocycles. The molecule has 0 aliphatic heterocycles. The molecule has 1 N–H and O–H groups in total. The maximum atomic E-state index is 12.8. The largest absolute Gasteiger partial charge is 0.462 e. The van der Waals surface area contributed by atoms with Gasteiger partial charge in [-0.15, -0.1) is 0 Å². The quantitative estimate of drug-likeness (QED) is 0.744. The minimum absolute atomic E-state index is 0.0119. The van der Waals surface area contributed by atoms with Crippen LogP contribution in [0.2, 0.25) is 5.02 Å². The van der Waals surface area contributed by atoms with Gasteiger partial charge in [-0.1, -0.05) is 11.6 Å². The molecule has 3 aromatic rings. The summed E-state index contributed by atoms with van der Waals surface area (Å²) < 4.78 is 6.93. The molecule has 1 aromatic carbocycles. The van der Waals surface area contributed by atoms with E-state index < -0.39 is 11.4 Å². The fourth-order valence-electron chi connectivity index (χ4n) is 2.79. The number of hydrogen-bond donors (Lipinski definition) is 1. The number of nitrogens with one attached hydrogen (secondary N) is 1. The van der Waals surface area contributed by atoms with Crippen LogP contribution in [-0.4, -0.2) is 32.6 Å². The van der Waals surface area contributed by atoms with Crippen LogP contribution in [0.4, 0.5) is 0 Å². The molecule has 0 unspecified atom stereocenters. The summed E-state index contributed by atoms with van der Waals surface area (Å²) in [5.41, 5.74) is 1.05. The predicted octanol–water partition coefficient (Wildman–Crippen LogP) is 2.44. The van der Waals surface area contributed by atoms with Crippen molar-refractivity contribution in [3.63, 3.8) is 0 Å². The lowest BCUT2D eigenvalue weighted by atomic mass is 10.1. The lowest BCUT2D eigenvalue weighted by Crippen LogP contribution is -2.21. The number of pyridine rings is 1. The van der Waals surface area contributed by atoms with Gasteiger partial charge in [-0.3, -0.25) is 4.79 Å². The summed E-state index contributed by atoms with van der Waals surface area (Å²) in [5.74, 6) is -0.625. The third-order valence-corrected chi connectivity index (χ3v) is 4.27. The molecule has 4 rings (SSSR count). The Morgan fingerprint density at radius 3 is 2.87 bits per heavy atom. The molecule has 0 radical (unpaired) electrons. The highest BCUT2D eigenvalue weighted by molar-refractivity contribution is 6.36. The summed E-state index contributed by atoms with van der Waals surface area (Å²) in [7, 11) is 0. The van der Waals surface area contributed by atoms with Crippen molar-refractivity contribution in [2.24, 2.45) is 0 Å². The van der Waals surface area contributed by atoms with Crippen molar-refractivity contribution < 1.29 is 9.53 Å². The van der Waals surface area contributed by atoms with E-state index in [1.54, 1.807) is 19.2 Å². The number of esters is 1. The second kappa shape index (κ2) is 5.06. The number of benzene rings is 1. The third kappa shape index (κ3) is 2.11. The minimum atomic E-state index is -0.625. The number of fused-ring (bicyclic) bond motifs is 3. The summed E-state index contributed by atoms with van der Waals surface area (Å²) in [6, 6.07) is 1.96. The van der Waals surface area contributed by atoms with E-state index in [2.05, 4.69) is 15.4 Å². The average Bonchev–Trinajstić information content (AvgIpc) is 3.23. The Morgan fingerprint density at radius 1 is 1.43 bits per heavy atom. The number of rotatable bonds is 3. The number of hydrogen-bond acceptors (Lipinski definition) is 5. The van der Waals surface area contributed by atoms with E-state index >= 15 is 0 Å². The minimum Gasteiger partial charge on any atom is -0.462 e. The van der Waals surface area contributed by atoms with Crippen LogP contribution in [0.25, 0.3) is 21.9 Å². The lowest BCUT2D eigenvalue weighted by molar-refractivity contribution is 0.0524. The zero-order valence-electron chi connectivity index (χ0n) is 12.3. The first-order valence-corrected chi connectivity index (χ1v) is 7.74. The lowest BCUT2D eigenvalue weighted by Gasteiger charge is -2.13. The molecule has 0 spiro atoms. The van der Waals surface area contributed by atoms with Crippen LogP contribution in [0.5, 0.6) is 0 Å². The van der Waals surface area contributed by atoms with Gasteiger partial charge in [0, 0.05) is 12.2 Å². The Kier molecular flexibility index (Phi) is 3.12. The zero-order chi connectivity index (χ0) is 16.1. The molecule has 23 heavy (non-hydrogen) atoms. The molecule has 1 saturated carbocycles. The standard InChI is InChI=1S/C15H13ClN4O3/c1-2-23-15(22)8-6-20(7-3-4-7)10-5-9(16)12-13(18-19-17-12)11(10)14(8)21/h5-7H,2-4H2,1H3,(H,17,18,19). The van der Waals surface area contributed by atoms with Crippen LogP contribution >= 0.6 is 11.6 Å². The van der Waals surface area contributed by atoms with Gasteiger partial charge in [0.25, 0.3) is 0 Å². The second-order valence-corrected chi connectivity index (χ2v) is 5.91. The maximum absolute atomic E-state index is 12.8. The van der Waals surface area contributed by atoms with Crippen LogP contribution < -0.4 is 5.43 Å². The number of H-pyrrole nitrogens is 1. The van der Waals surface area contributed by atoms with Gasteiger partial charge in [0.1, 0.15) is 16.6 Å². The van der Waals surface area contributed by atoms with Crippen LogP contribution in [-0.2, 0) is 4.74 Å². The van der Waals surface area contributed by atoms with E-state index in [0.717, 1.165) is 12.8 Å². The fourth-order valence-corrected chi connectivity index (χ4v) is 3.03. The van der Waals surface area contributed by atoms with Crippen LogP contribution in [0.15, 0.2) is 17.1 Å². The molecule has 0 atom stereocenters. The highest BCUT2D eigenvalue weighted by Gasteiger charge is 2.28. The van der Waals surface area contributed by atoms with Crippen molar-refractivity contribution in [3.05, 3.63) is 33.1 Å². The van der Waals surface area contributed by atoms with Gasteiger partial charge in [-0.2, -0.15) is 15.4 Å². The van der Waals surface area contributed by atoms with Crippen LogP contribution in [0.1, 0.15) is 36.2 Å². The molecular formula is C15H13ClN4O3. The van der Waals surface area contributed by atoms with Gasteiger partial charge >= 0.3 is 5.97 Å². The first kappa shape index (κ1) is 14.2. The van der Waals surface area contributed by atoms with E-state index in [4.69, 9.17) is 16.3 Å². The van der Waals surface area contributed by atoms with Crippen molar-refractivity contribution >= 4 is 39.5 Å². The molecule has 7 nitrogen and oxygen atoms in total. The molecule has 2 aromatic heterocycles. The fraction of sp³-hybridized carbons (Fsp3) is 0.333. The second-order valence-electron chi connectivity index (χ2n) is 5.50. The van der Waals surface area contributed by atoms with Crippen molar-refractivity contribution in [1.82, 2.24) is 20.0 Å². The molecular weight excluding hydrogens is 320 g/mol. The highest BCUT2D eigenvalue weighted by atomic mass is 35.5. The van der Waals surface area contributed by atoms with Gasteiger partial charge < -0.3 is 9.30 Å². The van der Waals surface area contributed by atoms with E-state index in [9.17, 15) is 9.59 Å². The number of halogens is 1.